The molecule has 1 fully saturated rings. The van der Waals surface area contributed by atoms with Crippen molar-refractivity contribution in [2.45, 2.75) is 57.1 Å². The fourth-order valence-electron chi connectivity index (χ4n) is 4.30. The van der Waals surface area contributed by atoms with Crippen molar-refractivity contribution in [2.75, 3.05) is 6.61 Å². The van der Waals surface area contributed by atoms with Crippen LogP contribution in [-0.4, -0.2) is 47.2 Å². The Hall–Kier alpha value is -3.23. The van der Waals surface area contributed by atoms with E-state index in [0.717, 1.165) is 16.7 Å². The smallest absolute Gasteiger partial charge is 0.410 e. The zero-order valence-corrected chi connectivity index (χ0v) is 20.3. The highest BCUT2D eigenvalue weighted by Gasteiger charge is 2.38. The molecule has 7 nitrogen and oxygen atoms in total. The van der Waals surface area contributed by atoms with Gasteiger partial charge in [-0.05, 0) is 29.5 Å². The summed E-state index contributed by atoms with van der Waals surface area (Å²) < 4.78 is 17.7. The number of amides is 1. The van der Waals surface area contributed by atoms with Crippen LogP contribution in [0.5, 0.6) is 0 Å². The third kappa shape index (κ3) is 7.38. The molecule has 3 N–H and O–H groups in total. The van der Waals surface area contributed by atoms with E-state index < -0.39 is 30.6 Å². The van der Waals surface area contributed by atoms with Gasteiger partial charge in [-0.3, -0.25) is 4.90 Å². The average molecular weight is 491 g/mol. The van der Waals surface area contributed by atoms with Crippen LogP contribution >= 0.6 is 0 Å². The van der Waals surface area contributed by atoms with Crippen molar-refractivity contribution in [3.05, 3.63) is 108 Å². The predicted octanol–water partition coefficient (Wildman–Crippen LogP) is 4.24. The highest BCUT2D eigenvalue weighted by atomic mass is 16.6. The first-order chi connectivity index (χ1) is 17.6. The molecule has 190 valence electrons. The van der Waals surface area contributed by atoms with E-state index in [0.29, 0.717) is 26.0 Å². The van der Waals surface area contributed by atoms with E-state index in [4.69, 9.17) is 19.9 Å². The second-order valence-corrected chi connectivity index (χ2v) is 9.03. The monoisotopic (exact) mass is 490 g/mol. The Labute approximate surface area is 212 Å². The van der Waals surface area contributed by atoms with E-state index in [1.807, 2.05) is 91.0 Å². The van der Waals surface area contributed by atoms with Gasteiger partial charge < -0.3 is 25.1 Å². The Kier molecular flexibility index (Phi) is 9.47. The van der Waals surface area contributed by atoms with Crippen molar-refractivity contribution >= 4 is 6.09 Å². The normalized spacial score (nSPS) is 20.4. The molecule has 1 heterocycles. The SMILES string of the molecule is N[C@@H]1CC[C@@H]([C@@H](COCc2ccccc2)N(Cc2ccccc2)C(=O)OCc2ccccc2)OC1O. The van der Waals surface area contributed by atoms with Crippen LogP contribution in [0.15, 0.2) is 91.0 Å². The zero-order chi connectivity index (χ0) is 25.2. The van der Waals surface area contributed by atoms with Crippen LogP contribution in [0.25, 0.3) is 0 Å². The summed E-state index contributed by atoms with van der Waals surface area (Å²) in [5.74, 6) is 0. The molecule has 4 atom stereocenters. The Morgan fingerprint density at radius 1 is 0.889 bits per heavy atom. The van der Waals surface area contributed by atoms with Crippen molar-refractivity contribution < 1.29 is 24.1 Å². The molecule has 1 saturated heterocycles. The van der Waals surface area contributed by atoms with Crippen LogP contribution in [0.3, 0.4) is 0 Å². The molecular weight excluding hydrogens is 456 g/mol. The summed E-state index contributed by atoms with van der Waals surface area (Å²) in [6.45, 7) is 1.08. The third-order valence-corrected chi connectivity index (χ3v) is 6.33. The van der Waals surface area contributed by atoms with Gasteiger partial charge in [0.2, 0.25) is 0 Å². The average Bonchev–Trinajstić information content (AvgIpc) is 2.92. The molecule has 1 amide bonds. The van der Waals surface area contributed by atoms with E-state index in [-0.39, 0.29) is 13.2 Å². The van der Waals surface area contributed by atoms with E-state index >= 15 is 0 Å². The van der Waals surface area contributed by atoms with Gasteiger partial charge in [-0.15, -0.1) is 0 Å². The van der Waals surface area contributed by atoms with Crippen molar-refractivity contribution in [3.8, 4) is 0 Å². The summed E-state index contributed by atoms with van der Waals surface area (Å²) in [7, 11) is 0. The standard InChI is InChI=1S/C29H34N2O5/c30-25-16-17-27(36-28(25)32)26(21-34-19-23-12-6-2-7-13-23)31(18-22-10-4-1-5-11-22)29(33)35-20-24-14-8-3-9-15-24/h1-15,25-28,32H,16-21,30H2/t25-,26-,27+,28?/m1/s1. The summed E-state index contributed by atoms with van der Waals surface area (Å²) in [6.07, 6.45) is -0.847. The third-order valence-electron chi connectivity index (χ3n) is 6.33. The van der Waals surface area contributed by atoms with Gasteiger partial charge in [-0.1, -0.05) is 91.0 Å². The van der Waals surface area contributed by atoms with Gasteiger partial charge >= 0.3 is 6.09 Å². The number of carbonyl (C=O) groups is 1. The zero-order valence-electron chi connectivity index (χ0n) is 20.3. The molecule has 0 bridgehead atoms. The molecule has 0 spiro atoms. The minimum Gasteiger partial charge on any atom is -0.445 e. The van der Waals surface area contributed by atoms with Crippen molar-refractivity contribution in [1.29, 1.82) is 0 Å². The number of hydrogen-bond acceptors (Lipinski definition) is 6. The summed E-state index contributed by atoms with van der Waals surface area (Å²) in [5.41, 5.74) is 8.86. The first-order valence-electron chi connectivity index (χ1n) is 12.3. The van der Waals surface area contributed by atoms with Gasteiger partial charge in [0.1, 0.15) is 6.61 Å². The van der Waals surface area contributed by atoms with Crippen LogP contribution < -0.4 is 5.73 Å². The topological polar surface area (TPSA) is 94.3 Å². The lowest BCUT2D eigenvalue weighted by atomic mass is 9.98. The number of ether oxygens (including phenoxy) is 3. The fourth-order valence-corrected chi connectivity index (χ4v) is 4.30. The second kappa shape index (κ2) is 13.2. The molecule has 7 heteroatoms. The maximum absolute atomic E-state index is 13.5. The Balaban J connectivity index is 1.54. The summed E-state index contributed by atoms with van der Waals surface area (Å²) in [5, 5.41) is 10.3. The first-order valence-corrected chi connectivity index (χ1v) is 12.3. The van der Waals surface area contributed by atoms with Gasteiger partial charge in [0.05, 0.1) is 31.4 Å². The van der Waals surface area contributed by atoms with Crippen molar-refractivity contribution in [2.24, 2.45) is 5.73 Å². The Morgan fingerprint density at radius 3 is 2.03 bits per heavy atom. The number of aliphatic hydroxyl groups excluding tert-OH is 1. The quantitative estimate of drug-likeness (QED) is 0.442. The van der Waals surface area contributed by atoms with Crippen LogP contribution in [-0.2, 0) is 34.0 Å². The van der Waals surface area contributed by atoms with Crippen LogP contribution in [0.4, 0.5) is 4.79 Å². The summed E-state index contributed by atoms with van der Waals surface area (Å²) >= 11 is 0. The van der Waals surface area contributed by atoms with E-state index in [9.17, 15) is 9.90 Å². The van der Waals surface area contributed by atoms with Crippen molar-refractivity contribution in [3.63, 3.8) is 0 Å². The van der Waals surface area contributed by atoms with E-state index in [1.165, 1.54) is 0 Å². The Bertz CT molecular complexity index is 1050. The molecule has 0 radical (unpaired) electrons. The van der Waals surface area contributed by atoms with E-state index in [2.05, 4.69) is 0 Å². The summed E-state index contributed by atoms with van der Waals surface area (Å²) in [4.78, 5) is 15.1. The maximum atomic E-state index is 13.5. The molecule has 3 aromatic carbocycles. The number of aliphatic hydroxyl groups is 1. The summed E-state index contributed by atoms with van der Waals surface area (Å²) in [6, 6.07) is 28.2. The molecule has 36 heavy (non-hydrogen) atoms. The molecule has 1 aliphatic rings. The molecular formula is C29H34N2O5. The van der Waals surface area contributed by atoms with Gasteiger partial charge in [0, 0.05) is 6.54 Å². The minimum atomic E-state index is -1.10. The number of rotatable bonds is 10. The van der Waals surface area contributed by atoms with Crippen LogP contribution in [0.1, 0.15) is 29.5 Å². The lowest BCUT2D eigenvalue weighted by molar-refractivity contribution is -0.194. The maximum Gasteiger partial charge on any atom is 0.410 e. The van der Waals surface area contributed by atoms with Crippen LogP contribution in [0.2, 0.25) is 0 Å². The molecule has 4 rings (SSSR count). The molecule has 0 saturated carbocycles. The number of nitrogens with zero attached hydrogens (tertiary/aromatic N) is 1. The number of carbonyl (C=O) groups excluding carboxylic acids is 1. The molecule has 1 aliphatic heterocycles. The van der Waals surface area contributed by atoms with Gasteiger partial charge in [0.25, 0.3) is 0 Å². The number of hydrogen-bond donors (Lipinski definition) is 2. The molecule has 0 aliphatic carbocycles. The highest BCUT2D eigenvalue weighted by molar-refractivity contribution is 5.68. The lowest BCUT2D eigenvalue weighted by Gasteiger charge is -2.40. The van der Waals surface area contributed by atoms with Gasteiger partial charge in [-0.2, -0.15) is 0 Å². The lowest BCUT2D eigenvalue weighted by Crippen LogP contribution is -2.55. The predicted molar refractivity (Wildman–Crippen MR) is 137 cm³/mol. The van der Waals surface area contributed by atoms with Crippen LogP contribution in [0, 0.1) is 0 Å². The molecule has 3 aromatic rings. The minimum absolute atomic E-state index is 0.154. The first kappa shape index (κ1) is 25.9. The largest absolute Gasteiger partial charge is 0.445 e. The van der Waals surface area contributed by atoms with Gasteiger partial charge in [0.15, 0.2) is 6.29 Å². The second-order valence-electron chi connectivity index (χ2n) is 9.03. The molecule has 0 aromatic heterocycles. The number of nitrogens with two attached hydrogens (primary N) is 1. The molecule has 1 unspecified atom stereocenters. The fraction of sp³-hybridized carbons (Fsp3) is 0.345. The Morgan fingerprint density at radius 2 is 1.44 bits per heavy atom. The van der Waals surface area contributed by atoms with Crippen molar-refractivity contribution in [1.82, 2.24) is 4.90 Å². The highest BCUT2D eigenvalue weighted by Crippen LogP contribution is 2.25. The van der Waals surface area contributed by atoms with E-state index in [1.54, 1.807) is 4.90 Å². The van der Waals surface area contributed by atoms with Gasteiger partial charge in [-0.25, -0.2) is 4.79 Å². The number of benzene rings is 3.